The standard InChI is InChI=1S/C10H15ClN2O3S2/c1-8(7-17(3)14)13(2)18(15,16)9-4-5-10(11)12-6-9/h4-6,8H,7H2,1-3H3/t8-,17+/m0/s1. The van der Waals surface area contributed by atoms with Crippen LogP contribution >= 0.6 is 11.6 Å². The van der Waals surface area contributed by atoms with Gasteiger partial charge in [-0.15, -0.1) is 0 Å². The van der Waals surface area contributed by atoms with Gasteiger partial charge in [-0.1, -0.05) is 11.6 Å². The summed E-state index contributed by atoms with van der Waals surface area (Å²) >= 11 is 5.61. The van der Waals surface area contributed by atoms with Crippen molar-refractivity contribution in [2.75, 3.05) is 19.1 Å². The summed E-state index contributed by atoms with van der Waals surface area (Å²) in [5.41, 5.74) is 0. The van der Waals surface area contributed by atoms with Crippen LogP contribution in [0.15, 0.2) is 23.2 Å². The second-order valence-corrected chi connectivity index (χ2v) is 7.79. The fourth-order valence-corrected chi connectivity index (χ4v) is 3.78. The molecule has 1 aromatic heterocycles. The van der Waals surface area contributed by atoms with E-state index in [1.54, 1.807) is 13.2 Å². The van der Waals surface area contributed by atoms with Gasteiger partial charge in [0.1, 0.15) is 10.0 Å². The molecule has 0 aliphatic rings. The molecule has 0 unspecified atom stereocenters. The molecule has 8 heteroatoms. The molecular formula is C10H15ClN2O3S2. The zero-order valence-corrected chi connectivity index (χ0v) is 12.7. The third kappa shape index (κ3) is 3.74. The van der Waals surface area contributed by atoms with Gasteiger partial charge in [-0.2, -0.15) is 4.31 Å². The summed E-state index contributed by atoms with van der Waals surface area (Å²) < 4.78 is 36.7. The number of hydrogen-bond acceptors (Lipinski definition) is 4. The molecule has 0 amide bonds. The molecule has 1 heterocycles. The van der Waals surface area contributed by atoms with Crippen LogP contribution in [0, 0.1) is 0 Å². The zero-order valence-electron chi connectivity index (χ0n) is 10.3. The van der Waals surface area contributed by atoms with E-state index in [1.165, 1.54) is 29.7 Å². The maximum Gasteiger partial charge on any atom is 0.244 e. The number of halogens is 1. The van der Waals surface area contributed by atoms with Crippen molar-refractivity contribution in [1.29, 1.82) is 0 Å². The average molecular weight is 311 g/mol. The number of aromatic nitrogens is 1. The highest BCUT2D eigenvalue weighted by Gasteiger charge is 2.26. The Morgan fingerprint density at radius 2 is 2.11 bits per heavy atom. The predicted molar refractivity (Wildman–Crippen MR) is 72.6 cm³/mol. The Morgan fingerprint density at radius 3 is 2.56 bits per heavy atom. The molecule has 0 N–H and O–H groups in total. The minimum absolute atomic E-state index is 0.0723. The number of rotatable bonds is 5. The van der Waals surface area contributed by atoms with Gasteiger partial charge < -0.3 is 0 Å². The normalized spacial score (nSPS) is 15.6. The summed E-state index contributed by atoms with van der Waals surface area (Å²) in [6, 6.07) is 2.47. The van der Waals surface area contributed by atoms with E-state index in [9.17, 15) is 12.6 Å². The van der Waals surface area contributed by atoms with Crippen molar-refractivity contribution in [3.8, 4) is 0 Å². The number of sulfonamides is 1. The zero-order chi connectivity index (χ0) is 13.9. The van der Waals surface area contributed by atoms with Crippen molar-refractivity contribution >= 4 is 32.4 Å². The van der Waals surface area contributed by atoms with Crippen LogP contribution in [0.1, 0.15) is 6.92 Å². The van der Waals surface area contributed by atoms with Gasteiger partial charge in [0.25, 0.3) is 0 Å². The van der Waals surface area contributed by atoms with Gasteiger partial charge >= 0.3 is 0 Å². The number of nitrogens with zero attached hydrogens (tertiary/aromatic N) is 2. The van der Waals surface area contributed by atoms with Crippen LogP contribution in [0.4, 0.5) is 0 Å². The minimum Gasteiger partial charge on any atom is -0.260 e. The van der Waals surface area contributed by atoms with Gasteiger partial charge in [-0.05, 0) is 19.1 Å². The van der Waals surface area contributed by atoms with Crippen LogP contribution in [0.5, 0.6) is 0 Å². The van der Waals surface area contributed by atoms with Crippen molar-refractivity contribution in [1.82, 2.24) is 9.29 Å². The Hall–Kier alpha value is -0.500. The van der Waals surface area contributed by atoms with E-state index in [1.807, 2.05) is 0 Å². The van der Waals surface area contributed by atoms with E-state index in [4.69, 9.17) is 11.6 Å². The van der Waals surface area contributed by atoms with E-state index in [2.05, 4.69) is 4.98 Å². The molecule has 0 fully saturated rings. The Labute approximate surface area is 115 Å². The summed E-state index contributed by atoms with van der Waals surface area (Å²) in [4.78, 5) is 3.82. The highest BCUT2D eigenvalue weighted by molar-refractivity contribution is 7.89. The Balaban J connectivity index is 2.99. The third-order valence-corrected chi connectivity index (χ3v) is 5.60. The SMILES string of the molecule is C[C@@H](C[S@@](C)=O)N(C)S(=O)(=O)c1ccc(Cl)nc1. The minimum atomic E-state index is -3.62. The van der Waals surface area contributed by atoms with Crippen LogP contribution in [0.2, 0.25) is 5.15 Å². The quantitative estimate of drug-likeness (QED) is 0.764. The van der Waals surface area contributed by atoms with Gasteiger partial charge in [0.05, 0.1) is 0 Å². The van der Waals surface area contributed by atoms with Gasteiger partial charge in [0.2, 0.25) is 10.0 Å². The topological polar surface area (TPSA) is 67.3 Å². The van der Waals surface area contributed by atoms with Crippen LogP contribution in [-0.4, -0.2) is 47.0 Å². The molecule has 0 aromatic carbocycles. The largest absolute Gasteiger partial charge is 0.260 e. The molecule has 0 saturated heterocycles. The van der Waals surface area contributed by atoms with Crippen molar-refractivity contribution in [2.45, 2.75) is 17.9 Å². The maximum atomic E-state index is 12.2. The van der Waals surface area contributed by atoms with Gasteiger partial charge in [0, 0.05) is 42.1 Å². The van der Waals surface area contributed by atoms with Crippen molar-refractivity contribution in [3.05, 3.63) is 23.5 Å². The second kappa shape index (κ2) is 6.10. The molecular weight excluding hydrogens is 296 g/mol. The molecule has 1 rings (SSSR count). The van der Waals surface area contributed by atoms with Crippen LogP contribution in [0.25, 0.3) is 0 Å². The molecule has 5 nitrogen and oxygen atoms in total. The van der Waals surface area contributed by atoms with Gasteiger partial charge in [0.15, 0.2) is 0 Å². The molecule has 0 aliphatic carbocycles. The monoisotopic (exact) mass is 310 g/mol. The summed E-state index contributed by atoms with van der Waals surface area (Å²) in [6.45, 7) is 1.71. The molecule has 18 heavy (non-hydrogen) atoms. The van der Waals surface area contributed by atoms with E-state index < -0.39 is 20.8 Å². The highest BCUT2D eigenvalue weighted by Crippen LogP contribution is 2.17. The molecule has 0 spiro atoms. The first-order valence-electron chi connectivity index (χ1n) is 5.14. The fraction of sp³-hybridized carbons (Fsp3) is 0.500. The third-order valence-electron chi connectivity index (χ3n) is 2.47. The van der Waals surface area contributed by atoms with E-state index in [0.717, 1.165) is 0 Å². The number of pyridine rings is 1. The predicted octanol–water partition coefficient (Wildman–Crippen LogP) is 1.12. The lowest BCUT2D eigenvalue weighted by atomic mass is 10.4. The summed E-state index contributed by atoms with van der Waals surface area (Å²) in [7, 11) is -3.22. The Morgan fingerprint density at radius 1 is 1.50 bits per heavy atom. The molecule has 102 valence electrons. The van der Waals surface area contributed by atoms with Crippen molar-refractivity contribution in [2.24, 2.45) is 0 Å². The smallest absolute Gasteiger partial charge is 0.244 e. The van der Waals surface area contributed by atoms with E-state index >= 15 is 0 Å². The molecule has 0 aliphatic heterocycles. The average Bonchev–Trinajstić information content (AvgIpc) is 2.27. The van der Waals surface area contributed by atoms with E-state index in [0.29, 0.717) is 0 Å². The molecule has 1 aromatic rings. The molecule has 0 radical (unpaired) electrons. The van der Waals surface area contributed by atoms with Crippen molar-refractivity contribution < 1.29 is 12.6 Å². The van der Waals surface area contributed by atoms with Crippen LogP contribution in [-0.2, 0) is 20.8 Å². The number of hydrogen-bond donors (Lipinski definition) is 0. The molecule has 0 bridgehead atoms. The first kappa shape index (κ1) is 15.6. The Kier molecular flexibility index (Phi) is 5.27. The van der Waals surface area contributed by atoms with Gasteiger partial charge in [-0.3, -0.25) is 4.21 Å². The first-order valence-corrected chi connectivity index (χ1v) is 8.69. The Bertz CT molecular complexity index is 531. The lowest BCUT2D eigenvalue weighted by molar-refractivity contribution is 0.413. The summed E-state index contributed by atoms with van der Waals surface area (Å²) in [5.74, 6) is 0.288. The lowest BCUT2D eigenvalue weighted by Gasteiger charge is -2.23. The maximum absolute atomic E-state index is 12.2. The van der Waals surface area contributed by atoms with E-state index in [-0.39, 0.29) is 21.8 Å². The van der Waals surface area contributed by atoms with Crippen molar-refractivity contribution in [3.63, 3.8) is 0 Å². The second-order valence-electron chi connectivity index (χ2n) is 3.93. The van der Waals surface area contributed by atoms with Gasteiger partial charge in [-0.25, -0.2) is 13.4 Å². The fourth-order valence-electron chi connectivity index (χ4n) is 1.36. The molecule has 0 saturated carbocycles. The van der Waals surface area contributed by atoms with Crippen LogP contribution < -0.4 is 0 Å². The highest BCUT2D eigenvalue weighted by atomic mass is 35.5. The molecule has 2 atom stereocenters. The van der Waals surface area contributed by atoms with Crippen LogP contribution in [0.3, 0.4) is 0 Å². The lowest BCUT2D eigenvalue weighted by Crippen LogP contribution is -2.38. The summed E-state index contributed by atoms with van der Waals surface area (Å²) in [6.07, 6.45) is 2.75. The first-order chi connectivity index (χ1) is 8.25. The summed E-state index contributed by atoms with van der Waals surface area (Å²) in [5, 5.41) is 0.235.